The zero-order valence-electron chi connectivity index (χ0n) is 18.2. The lowest BCUT2D eigenvalue weighted by atomic mass is 9.82. The molecule has 0 spiro atoms. The predicted octanol–water partition coefficient (Wildman–Crippen LogP) is 4.70. The maximum Gasteiger partial charge on any atom is 0.230 e. The number of Topliss-reactive ketones (excluding diaryl/α,β-unsaturated/α-hetero) is 1. The molecule has 1 aliphatic carbocycles. The van der Waals surface area contributed by atoms with Gasteiger partial charge in [0.15, 0.2) is 5.78 Å². The van der Waals surface area contributed by atoms with Gasteiger partial charge in [0.05, 0.1) is 29.6 Å². The van der Waals surface area contributed by atoms with Gasteiger partial charge in [0.1, 0.15) is 5.75 Å². The summed E-state index contributed by atoms with van der Waals surface area (Å²) in [5.74, 6) is 1.75. The van der Waals surface area contributed by atoms with Crippen LogP contribution in [0.25, 0.3) is 10.9 Å². The van der Waals surface area contributed by atoms with Gasteiger partial charge in [0.2, 0.25) is 11.9 Å². The van der Waals surface area contributed by atoms with Crippen molar-refractivity contribution in [3.05, 3.63) is 76.7 Å². The smallest absolute Gasteiger partial charge is 0.230 e. The highest BCUT2D eigenvalue weighted by atomic mass is 16.5. The number of hydrogen-bond donors (Lipinski definition) is 1. The number of fused-ring (bicyclic) bond motifs is 2. The normalized spacial score (nSPS) is 15.5. The second-order valence-corrected chi connectivity index (χ2v) is 8.13. The summed E-state index contributed by atoms with van der Waals surface area (Å²) in [5, 5.41) is 4.03. The number of anilines is 2. The molecule has 32 heavy (non-hydrogen) atoms. The highest BCUT2D eigenvalue weighted by Gasteiger charge is 2.28. The Hall–Kier alpha value is -3.87. The number of nitrogens with zero attached hydrogens (tertiary/aromatic N) is 4. The van der Waals surface area contributed by atoms with Crippen LogP contribution in [0, 0.1) is 13.8 Å². The number of aryl methyl sites for hydroxylation is 2. The number of carbonyl (C=O) groups is 1. The minimum atomic E-state index is 0.0788. The van der Waals surface area contributed by atoms with Gasteiger partial charge in [-0.15, -0.1) is 0 Å². The average molecular weight is 425 g/mol. The van der Waals surface area contributed by atoms with Crippen molar-refractivity contribution in [2.45, 2.75) is 32.6 Å². The van der Waals surface area contributed by atoms with E-state index in [0.717, 1.165) is 33.6 Å². The molecule has 5 rings (SSSR count). The Labute approximate surface area is 185 Å². The molecule has 0 fully saturated rings. The number of rotatable bonds is 4. The van der Waals surface area contributed by atoms with E-state index in [9.17, 15) is 4.79 Å². The number of methoxy groups -OCH3 is 1. The van der Waals surface area contributed by atoms with Crippen molar-refractivity contribution in [2.24, 2.45) is 0 Å². The zero-order valence-corrected chi connectivity index (χ0v) is 18.2. The number of ketones is 1. The fourth-order valence-corrected chi connectivity index (χ4v) is 4.12. The Kier molecular flexibility index (Phi) is 5.01. The van der Waals surface area contributed by atoms with E-state index in [2.05, 4.69) is 56.4 Å². The number of hydrogen-bond acceptors (Lipinski definition) is 7. The number of nitrogens with one attached hydrogen (secondary N) is 1. The molecule has 0 aliphatic heterocycles. The Balaban J connectivity index is 1.43. The van der Waals surface area contributed by atoms with E-state index in [1.165, 1.54) is 5.56 Å². The molecular formula is C25H23N5O2. The van der Waals surface area contributed by atoms with Crippen molar-refractivity contribution in [3.8, 4) is 5.75 Å². The molecule has 1 atom stereocenters. The fourth-order valence-electron chi connectivity index (χ4n) is 4.12. The van der Waals surface area contributed by atoms with Gasteiger partial charge < -0.3 is 4.74 Å². The molecule has 2 heterocycles. The van der Waals surface area contributed by atoms with Crippen molar-refractivity contribution in [3.63, 3.8) is 0 Å². The monoisotopic (exact) mass is 425 g/mol. The average Bonchev–Trinajstić information content (AvgIpc) is 2.79. The highest BCUT2D eigenvalue weighted by Crippen LogP contribution is 2.32. The maximum absolute atomic E-state index is 12.7. The predicted molar refractivity (Wildman–Crippen MR) is 123 cm³/mol. The third kappa shape index (κ3) is 3.77. The van der Waals surface area contributed by atoms with Crippen molar-refractivity contribution < 1.29 is 9.53 Å². The molecule has 4 aromatic rings. The van der Waals surface area contributed by atoms with Crippen LogP contribution in [0.15, 0.2) is 48.7 Å². The van der Waals surface area contributed by atoms with Gasteiger partial charge >= 0.3 is 0 Å². The summed E-state index contributed by atoms with van der Waals surface area (Å²) in [6.07, 6.45) is 2.78. The van der Waals surface area contributed by atoms with Crippen LogP contribution in [0.1, 0.15) is 45.2 Å². The van der Waals surface area contributed by atoms with Crippen LogP contribution in [0.3, 0.4) is 0 Å². The van der Waals surface area contributed by atoms with Crippen molar-refractivity contribution in [1.29, 1.82) is 0 Å². The van der Waals surface area contributed by atoms with E-state index in [0.29, 0.717) is 30.3 Å². The number of carbonyl (C=O) groups excluding carboxylic acids is 1. The van der Waals surface area contributed by atoms with Gasteiger partial charge in [0, 0.05) is 18.0 Å². The van der Waals surface area contributed by atoms with Crippen molar-refractivity contribution >= 4 is 28.6 Å². The van der Waals surface area contributed by atoms with E-state index < -0.39 is 0 Å². The van der Waals surface area contributed by atoms with Gasteiger partial charge in [-0.3, -0.25) is 10.1 Å². The molecule has 7 heteroatoms. The van der Waals surface area contributed by atoms with Gasteiger partial charge in [-0.1, -0.05) is 29.8 Å². The first-order chi connectivity index (χ1) is 15.5. The number of benzene rings is 2. The van der Waals surface area contributed by atoms with Crippen molar-refractivity contribution in [2.75, 3.05) is 12.4 Å². The first-order valence-corrected chi connectivity index (χ1v) is 10.6. The fraction of sp³-hybridized carbons (Fsp3) is 0.240. The summed E-state index contributed by atoms with van der Waals surface area (Å²) in [6.45, 7) is 3.98. The van der Waals surface area contributed by atoms with Crippen LogP contribution < -0.4 is 10.1 Å². The zero-order chi connectivity index (χ0) is 22.2. The number of ether oxygens (including phenoxy) is 1. The molecule has 7 nitrogen and oxygen atoms in total. The third-order valence-electron chi connectivity index (χ3n) is 5.91. The Bertz CT molecular complexity index is 1330. The van der Waals surface area contributed by atoms with Crippen LogP contribution in [0.2, 0.25) is 0 Å². The maximum atomic E-state index is 12.7. The summed E-state index contributed by atoms with van der Waals surface area (Å²) in [6, 6.07) is 14.0. The first kappa shape index (κ1) is 20.1. The first-order valence-electron chi connectivity index (χ1n) is 10.6. The van der Waals surface area contributed by atoms with Crippen LogP contribution in [0.5, 0.6) is 5.75 Å². The molecule has 1 unspecified atom stereocenters. The Morgan fingerprint density at radius 2 is 1.78 bits per heavy atom. The molecule has 0 saturated carbocycles. The van der Waals surface area contributed by atoms with Gasteiger partial charge in [-0.05, 0) is 49.9 Å². The van der Waals surface area contributed by atoms with E-state index in [4.69, 9.17) is 4.74 Å². The molecule has 1 aliphatic rings. The molecule has 0 amide bonds. The highest BCUT2D eigenvalue weighted by molar-refractivity contribution is 5.98. The minimum absolute atomic E-state index is 0.0788. The van der Waals surface area contributed by atoms with Gasteiger partial charge in [0.25, 0.3) is 0 Å². The summed E-state index contributed by atoms with van der Waals surface area (Å²) < 4.78 is 5.29. The van der Waals surface area contributed by atoms with Gasteiger partial charge in [-0.25, -0.2) is 19.9 Å². The summed E-state index contributed by atoms with van der Waals surface area (Å²) >= 11 is 0. The summed E-state index contributed by atoms with van der Waals surface area (Å²) in [4.78, 5) is 30.8. The second kappa shape index (κ2) is 8.00. The molecular weight excluding hydrogens is 402 g/mol. The molecule has 0 radical (unpaired) electrons. The van der Waals surface area contributed by atoms with E-state index >= 15 is 0 Å². The molecule has 0 saturated heterocycles. The lowest BCUT2D eigenvalue weighted by Crippen LogP contribution is -2.21. The lowest BCUT2D eigenvalue weighted by molar-refractivity contribution is 0.0962. The van der Waals surface area contributed by atoms with Crippen LogP contribution in [-0.4, -0.2) is 32.8 Å². The SMILES string of the molecule is COc1ccc2nc(Nc3ncc4c(n3)CC(c3ccc(C)cc3)CC4=O)nc(C)c2c1. The summed E-state index contributed by atoms with van der Waals surface area (Å²) in [7, 11) is 1.63. The quantitative estimate of drug-likeness (QED) is 0.507. The molecule has 2 aromatic heterocycles. The van der Waals surface area contributed by atoms with Crippen LogP contribution in [0.4, 0.5) is 11.9 Å². The lowest BCUT2D eigenvalue weighted by Gasteiger charge is -2.23. The standard InChI is InChI=1S/C25H23N5O2/c1-14-4-6-16(7-5-14)17-10-22-20(23(31)11-17)13-26-24(29-22)30-25-27-15(2)19-12-18(32-3)8-9-21(19)28-25/h4-9,12-13,17H,10-11H2,1-3H3,(H,26,27,28,29,30). The molecule has 2 aromatic carbocycles. The van der Waals surface area contributed by atoms with E-state index in [-0.39, 0.29) is 11.7 Å². The van der Waals surface area contributed by atoms with Crippen LogP contribution >= 0.6 is 0 Å². The van der Waals surface area contributed by atoms with Gasteiger partial charge in [-0.2, -0.15) is 0 Å². The van der Waals surface area contributed by atoms with E-state index in [1.54, 1.807) is 13.3 Å². The van der Waals surface area contributed by atoms with Crippen LogP contribution in [-0.2, 0) is 6.42 Å². The minimum Gasteiger partial charge on any atom is -0.497 e. The Morgan fingerprint density at radius 1 is 0.969 bits per heavy atom. The Morgan fingerprint density at radius 3 is 2.56 bits per heavy atom. The largest absolute Gasteiger partial charge is 0.497 e. The molecule has 160 valence electrons. The number of aromatic nitrogens is 4. The second-order valence-electron chi connectivity index (χ2n) is 8.13. The molecule has 1 N–H and O–H groups in total. The summed E-state index contributed by atoms with van der Waals surface area (Å²) in [5.41, 5.74) is 5.34. The third-order valence-corrected chi connectivity index (χ3v) is 5.91. The topological polar surface area (TPSA) is 89.9 Å². The van der Waals surface area contributed by atoms with E-state index in [1.807, 2.05) is 25.1 Å². The molecule has 0 bridgehead atoms. The van der Waals surface area contributed by atoms with Crippen molar-refractivity contribution in [1.82, 2.24) is 19.9 Å².